The number of rotatable bonds is 6. The Morgan fingerprint density at radius 3 is 2.41 bits per heavy atom. The van der Waals surface area contributed by atoms with Gasteiger partial charge in [-0.1, -0.05) is 47.5 Å². The van der Waals surface area contributed by atoms with Crippen LogP contribution in [0.1, 0.15) is 15.9 Å². The first-order valence-corrected chi connectivity index (χ1v) is 12.8. The number of ether oxygens (including phenoxy) is 1. The van der Waals surface area contributed by atoms with Gasteiger partial charge in [0.15, 0.2) is 5.75 Å². The molecule has 0 saturated carbocycles. The van der Waals surface area contributed by atoms with Crippen molar-refractivity contribution >= 4 is 67.1 Å². The van der Waals surface area contributed by atoms with Crippen LogP contribution in [0.4, 0.5) is 17.1 Å². The highest BCUT2D eigenvalue weighted by Crippen LogP contribution is 2.40. The van der Waals surface area contributed by atoms with Gasteiger partial charge in [0, 0.05) is 27.2 Å². The summed E-state index contributed by atoms with van der Waals surface area (Å²) >= 11 is 12.1. The lowest BCUT2D eigenvalue weighted by Crippen LogP contribution is -2.12. The van der Waals surface area contributed by atoms with Crippen molar-refractivity contribution in [1.29, 1.82) is 0 Å². The molecule has 0 bridgehead atoms. The van der Waals surface area contributed by atoms with E-state index in [9.17, 15) is 22.9 Å². The number of phenolic OH excluding ortho intramolecular Hbond substituents is 1. The zero-order valence-corrected chi connectivity index (χ0v) is 21.7. The molecule has 0 atom stereocenters. The van der Waals surface area contributed by atoms with E-state index in [-0.39, 0.29) is 27.5 Å². The number of phenols is 1. The Hall–Kier alpha value is -3.70. The molecule has 0 spiro atoms. The fourth-order valence-corrected chi connectivity index (χ4v) is 4.93. The van der Waals surface area contributed by atoms with E-state index in [4.69, 9.17) is 27.9 Å². The van der Waals surface area contributed by atoms with Gasteiger partial charge in [-0.3, -0.25) is 9.35 Å². The Labute approximate surface area is 222 Å². The normalized spacial score (nSPS) is 11.7. The minimum absolute atomic E-state index is 0.00586. The van der Waals surface area contributed by atoms with E-state index in [1.54, 1.807) is 36.4 Å². The number of nitrogens with zero attached hydrogens (tertiary/aromatic N) is 2. The molecule has 4 rings (SSSR count). The van der Waals surface area contributed by atoms with Gasteiger partial charge in [0.2, 0.25) is 0 Å². The average Bonchev–Trinajstić information content (AvgIpc) is 2.83. The molecule has 0 fully saturated rings. The first-order chi connectivity index (χ1) is 17.5. The highest BCUT2D eigenvalue weighted by atomic mass is 35.5. The third-order valence-electron chi connectivity index (χ3n) is 5.44. The SMILES string of the molecule is COc1cc(Cl)cc(NC(=O)c2cc3ccccc3c(N=Nc3cc(Cl)cc(S(=O)(=O)O)c3C)c2O)c1. The van der Waals surface area contributed by atoms with Gasteiger partial charge in [-0.25, -0.2) is 0 Å². The molecule has 190 valence electrons. The third-order valence-corrected chi connectivity index (χ3v) is 6.85. The molecular weight excluding hydrogens is 541 g/mol. The van der Waals surface area contributed by atoms with Crippen molar-refractivity contribution in [3.63, 3.8) is 0 Å². The lowest BCUT2D eigenvalue weighted by atomic mass is 10.0. The van der Waals surface area contributed by atoms with E-state index in [0.717, 1.165) is 6.07 Å². The minimum Gasteiger partial charge on any atom is -0.505 e. The number of aromatic hydroxyl groups is 1. The Kier molecular flexibility index (Phi) is 7.37. The van der Waals surface area contributed by atoms with Crippen molar-refractivity contribution in [2.75, 3.05) is 12.4 Å². The van der Waals surface area contributed by atoms with Gasteiger partial charge in [0.1, 0.15) is 16.3 Å². The van der Waals surface area contributed by atoms with E-state index in [1.807, 2.05) is 0 Å². The number of nitrogens with one attached hydrogen (secondary N) is 1. The molecule has 3 N–H and O–H groups in total. The molecule has 4 aromatic carbocycles. The lowest BCUT2D eigenvalue weighted by molar-refractivity contribution is 0.102. The average molecular weight is 560 g/mol. The van der Waals surface area contributed by atoms with Gasteiger partial charge >= 0.3 is 0 Å². The van der Waals surface area contributed by atoms with Gasteiger partial charge in [0.05, 0.1) is 18.4 Å². The van der Waals surface area contributed by atoms with Crippen LogP contribution in [-0.2, 0) is 10.1 Å². The Balaban J connectivity index is 1.81. The summed E-state index contributed by atoms with van der Waals surface area (Å²) in [4.78, 5) is 12.7. The maximum absolute atomic E-state index is 13.1. The number of azo groups is 1. The number of hydrogen-bond acceptors (Lipinski definition) is 7. The summed E-state index contributed by atoms with van der Waals surface area (Å²) in [6, 6.07) is 15.5. The summed E-state index contributed by atoms with van der Waals surface area (Å²) in [5.41, 5.74) is 0.373. The monoisotopic (exact) mass is 559 g/mol. The molecule has 0 unspecified atom stereocenters. The predicted molar refractivity (Wildman–Crippen MR) is 142 cm³/mol. The molecule has 0 saturated heterocycles. The number of benzene rings is 4. The van der Waals surface area contributed by atoms with Crippen LogP contribution in [0.3, 0.4) is 0 Å². The fraction of sp³-hybridized carbons (Fsp3) is 0.0800. The first kappa shape index (κ1) is 26.4. The van der Waals surface area contributed by atoms with Crippen molar-refractivity contribution < 1.29 is 27.6 Å². The second kappa shape index (κ2) is 10.3. The van der Waals surface area contributed by atoms with Gasteiger partial charge in [-0.2, -0.15) is 13.5 Å². The highest BCUT2D eigenvalue weighted by Gasteiger charge is 2.20. The molecule has 0 heterocycles. The summed E-state index contributed by atoms with van der Waals surface area (Å²) in [7, 11) is -3.10. The van der Waals surface area contributed by atoms with Crippen molar-refractivity contribution in [1.82, 2.24) is 0 Å². The van der Waals surface area contributed by atoms with Crippen LogP contribution in [0.5, 0.6) is 11.5 Å². The molecule has 0 aliphatic heterocycles. The second-order valence-electron chi connectivity index (χ2n) is 7.90. The summed E-state index contributed by atoms with van der Waals surface area (Å²) in [6.07, 6.45) is 0. The largest absolute Gasteiger partial charge is 0.505 e. The van der Waals surface area contributed by atoms with Crippen LogP contribution in [0.2, 0.25) is 10.0 Å². The van der Waals surface area contributed by atoms with E-state index < -0.39 is 26.7 Å². The summed E-state index contributed by atoms with van der Waals surface area (Å²) in [5.74, 6) is -0.665. The van der Waals surface area contributed by atoms with Crippen LogP contribution in [-0.4, -0.2) is 31.1 Å². The van der Waals surface area contributed by atoms with Crippen LogP contribution < -0.4 is 10.1 Å². The number of carbonyl (C=O) groups excluding carboxylic acids is 1. The molecular formula is C25H19Cl2N3O6S. The van der Waals surface area contributed by atoms with Crippen LogP contribution in [0.15, 0.2) is 75.8 Å². The lowest BCUT2D eigenvalue weighted by Gasteiger charge is -2.12. The Morgan fingerprint density at radius 1 is 1.00 bits per heavy atom. The quantitative estimate of drug-likeness (QED) is 0.170. The number of halogens is 2. The molecule has 0 aliphatic carbocycles. The van der Waals surface area contributed by atoms with Crippen LogP contribution in [0, 0.1) is 6.92 Å². The summed E-state index contributed by atoms with van der Waals surface area (Å²) in [5, 5.41) is 23.4. The molecule has 9 nitrogen and oxygen atoms in total. The molecule has 0 radical (unpaired) electrons. The van der Waals surface area contributed by atoms with E-state index >= 15 is 0 Å². The Bertz CT molecular complexity index is 1690. The fourth-order valence-electron chi connectivity index (χ4n) is 3.66. The Morgan fingerprint density at radius 2 is 1.70 bits per heavy atom. The van der Waals surface area contributed by atoms with E-state index in [2.05, 4.69) is 15.5 Å². The molecule has 37 heavy (non-hydrogen) atoms. The van der Waals surface area contributed by atoms with Crippen molar-refractivity contribution in [3.8, 4) is 11.5 Å². The number of carbonyl (C=O) groups is 1. The number of fused-ring (bicyclic) bond motifs is 1. The number of hydrogen-bond donors (Lipinski definition) is 3. The zero-order valence-electron chi connectivity index (χ0n) is 19.4. The second-order valence-corrected chi connectivity index (χ2v) is 10.2. The first-order valence-electron chi connectivity index (χ1n) is 10.6. The van der Waals surface area contributed by atoms with Crippen molar-refractivity contribution in [2.45, 2.75) is 11.8 Å². The topological polar surface area (TPSA) is 138 Å². The van der Waals surface area contributed by atoms with Gasteiger partial charge < -0.3 is 15.2 Å². The maximum atomic E-state index is 13.1. The van der Waals surface area contributed by atoms with Crippen LogP contribution >= 0.6 is 23.2 Å². The molecule has 1 amide bonds. The minimum atomic E-state index is -4.57. The third kappa shape index (κ3) is 5.67. The number of anilines is 1. The molecule has 12 heteroatoms. The zero-order chi connectivity index (χ0) is 26.9. The van der Waals surface area contributed by atoms with E-state index in [0.29, 0.717) is 27.2 Å². The predicted octanol–water partition coefficient (Wildman–Crippen LogP) is 7.08. The van der Waals surface area contributed by atoms with Crippen molar-refractivity contribution in [3.05, 3.63) is 81.8 Å². The van der Waals surface area contributed by atoms with Crippen molar-refractivity contribution in [2.24, 2.45) is 10.2 Å². The van der Waals surface area contributed by atoms with Crippen LogP contribution in [0.25, 0.3) is 10.8 Å². The summed E-state index contributed by atoms with van der Waals surface area (Å²) < 4.78 is 38.1. The van der Waals surface area contributed by atoms with Gasteiger partial charge in [-0.05, 0) is 48.2 Å². The maximum Gasteiger partial charge on any atom is 0.294 e. The summed E-state index contributed by atoms with van der Waals surface area (Å²) in [6.45, 7) is 1.43. The number of methoxy groups -OCH3 is 1. The number of amides is 1. The van der Waals surface area contributed by atoms with E-state index in [1.165, 1.54) is 32.2 Å². The molecule has 0 aromatic heterocycles. The molecule has 0 aliphatic rings. The highest BCUT2D eigenvalue weighted by molar-refractivity contribution is 7.85. The van der Waals surface area contributed by atoms with Gasteiger partial charge in [0.25, 0.3) is 16.0 Å². The molecule has 4 aromatic rings. The standard InChI is InChI=1S/C25H19Cl2N3O6S/c1-13-21(10-16(27)11-22(13)37(33,34)35)29-30-23-19-6-4-3-5-14(19)7-20(24(23)31)25(32)28-17-8-15(26)9-18(12-17)36-2/h3-12,31H,1-2H3,(H,28,32)(H,33,34,35). The smallest absolute Gasteiger partial charge is 0.294 e. The van der Waals surface area contributed by atoms with Gasteiger partial charge in [-0.15, -0.1) is 5.11 Å².